The normalized spacial score (nSPS) is 20.1. The van der Waals surface area contributed by atoms with E-state index in [1.807, 2.05) is 17.0 Å². The zero-order valence-corrected chi connectivity index (χ0v) is 17.0. The highest BCUT2D eigenvalue weighted by molar-refractivity contribution is 5.94. The number of hydrogen-bond acceptors (Lipinski definition) is 4. The van der Waals surface area contributed by atoms with Crippen molar-refractivity contribution < 1.29 is 9.53 Å². The SMILES string of the molecule is O=C(c1ccc(Oc2ccc3c(c2)CCN(C2CCC2)CC3)nc1)N1CCCC1. The van der Waals surface area contributed by atoms with Gasteiger partial charge in [-0.2, -0.15) is 0 Å². The maximum absolute atomic E-state index is 12.5. The molecule has 0 spiro atoms. The van der Waals surface area contributed by atoms with Gasteiger partial charge in [0.05, 0.1) is 5.56 Å². The monoisotopic (exact) mass is 391 g/mol. The van der Waals surface area contributed by atoms with Crippen molar-refractivity contribution in [3.05, 3.63) is 53.2 Å². The van der Waals surface area contributed by atoms with Crippen molar-refractivity contribution in [2.45, 2.75) is 51.0 Å². The van der Waals surface area contributed by atoms with Crippen LogP contribution < -0.4 is 4.74 Å². The lowest BCUT2D eigenvalue weighted by Gasteiger charge is -2.36. The zero-order valence-electron chi connectivity index (χ0n) is 17.0. The van der Waals surface area contributed by atoms with Gasteiger partial charge in [-0.15, -0.1) is 0 Å². The maximum atomic E-state index is 12.5. The number of rotatable bonds is 4. The fourth-order valence-corrected chi connectivity index (χ4v) is 4.69. The van der Waals surface area contributed by atoms with Gasteiger partial charge in [0.1, 0.15) is 5.75 Å². The van der Waals surface area contributed by atoms with Gasteiger partial charge in [0.2, 0.25) is 5.88 Å². The second-order valence-electron chi connectivity index (χ2n) is 8.54. The van der Waals surface area contributed by atoms with Gasteiger partial charge in [-0.05, 0) is 67.9 Å². The molecule has 1 saturated heterocycles. The number of carbonyl (C=O) groups is 1. The molecule has 1 amide bonds. The number of aromatic nitrogens is 1. The van der Waals surface area contributed by atoms with Crippen LogP contribution in [0.3, 0.4) is 0 Å². The van der Waals surface area contributed by atoms with E-state index < -0.39 is 0 Å². The van der Waals surface area contributed by atoms with Crippen molar-refractivity contribution in [2.75, 3.05) is 26.2 Å². The largest absolute Gasteiger partial charge is 0.439 e. The van der Waals surface area contributed by atoms with Crippen molar-refractivity contribution >= 4 is 5.91 Å². The maximum Gasteiger partial charge on any atom is 0.255 e. The fourth-order valence-electron chi connectivity index (χ4n) is 4.69. The van der Waals surface area contributed by atoms with Crippen molar-refractivity contribution in [3.63, 3.8) is 0 Å². The molecule has 1 saturated carbocycles. The number of fused-ring (bicyclic) bond motifs is 1. The van der Waals surface area contributed by atoms with Crippen LogP contribution in [0.1, 0.15) is 53.6 Å². The van der Waals surface area contributed by atoms with Crippen molar-refractivity contribution in [2.24, 2.45) is 0 Å². The van der Waals surface area contributed by atoms with Crippen molar-refractivity contribution in [3.8, 4) is 11.6 Å². The van der Waals surface area contributed by atoms with Crippen LogP contribution in [-0.4, -0.2) is 52.9 Å². The summed E-state index contributed by atoms with van der Waals surface area (Å²) in [7, 11) is 0. The molecule has 3 heterocycles. The Balaban J connectivity index is 1.24. The predicted octanol–water partition coefficient (Wildman–Crippen LogP) is 4.06. The van der Waals surface area contributed by atoms with Crippen LogP contribution in [0.15, 0.2) is 36.5 Å². The summed E-state index contributed by atoms with van der Waals surface area (Å²) in [4.78, 5) is 21.4. The highest BCUT2D eigenvalue weighted by Gasteiger charge is 2.26. The standard InChI is InChI=1S/C24H29N3O2/c28-24(27-12-1-2-13-27)20-7-9-23(25-17-20)29-22-8-6-18-10-14-26(21-4-3-5-21)15-11-19(18)16-22/h6-9,16-17,21H,1-5,10-15H2. The van der Waals surface area contributed by atoms with Gasteiger partial charge < -0.3 is 9.64 Å². The molecule has 1 aromatic heterocycles. The molecule has 0 unspecified atom stereocenters. The Labute approximate surface area is 172 Å². The molecule has 2 aromatic rings. The third-order valence-corrected chi connectivity index (χ3v) is 6.70. The molecule has 1 aromatic carbocycles. The third kappa shape index (κ3) is 4.01. The summed E-state index contributed by atoms with van der Waals surface area (Å²) in [6, 6.07) is 10.9. The lowest BCUT2D eigenvalue weighted by Crippen LogP contribution is -2.41. The van der Waals surface area contributed by atoms with Gasteiger partial charge in [0.25, 0.3) is 5.91 Å². The Hall–Kier alpha value is -2.40. The molecule has 1 aliphatic carbocycles. The first-order chi connectivity index (χ1) is 14.3. The predicted molar refractivity (Wildman–Crippen MR) is 113 cm³/mol. The minimum absolute atomic E-state index is 0.0718. The summed E-state index contributed by atoms with van der Waals surface area (Å²) in [5.41, 5.74) is 3.47. The topological polar surface area (TPSA) is 45.7 Å². The molecule has 5 heteroatoms. The summed E-state index contributed by atoms with van der Waals surface area (Å²) in [5, 5.41) is 0. The summed E-state index contributed by atoms with van der Waals surface area (Å²) < 4.78 is 6.00. The number of hydrogen-bond donors (Lipinski definition) is 0. The molecule has 0 bridgehead atoms. The minimum Gasteiger partial charge on any atom is -0.439 e. The number of ether oxygens (including phenoxy) is 1. The lowest BCUT2D eigenvalue weighted by molar-refractivity contribution is 0.0792. The molecule has 3 aliphatic rings. The Morgan fingerprint density at radius 2 is 1.72 bits per heavy atom. The number of amides is 1. The first kappa shape index (κ1) is 18.6. The Morgan fingerprint density at radius 3 is 2.41 bits per heavy atom. The van der Waals surface area contributed by atoms with E-state index in [9.17, 15) is 4.79 Å². The molecule has 152 valence electrons. The number of likely N-dealkylation sites (tertiary alicyclic amines) is 1. The average molecular weight is 392 g/mol. The zero-order chi connectivity index (χ0) is 19.6. The first-order valence-electron chi connectivity index (χ1n) is 11.1. The average Bonchev–Trinajstić information content (AvgIpc) is 3.17. The molecule has 0 radical (unpaired) electrons. The second kappa shape index (κ2) is 8.15. The van der Waals surface area contributed by atoms with E-state index >= 15 is 0 Å². The number of carbonyl (C=O) groups excluding carboxylic acids is 1. The van der Waals surface area contributed by atoms with Gasteiger partial charge >= 0.3 is 0 Å². The van der Waals surface area contributed by atoms with Crippen LogP contribution in [0, 0.1) is 0 Å². The number of nitrogens with zero attached hydrogens (tertiary/aromatic N) is 3. The molecule has 0 N–H and O–H groups in total. The Morgan fingerprint density at radius 1 is 0.931 bits per heavy atom. The van der Waals surface area contributed by atoms with Crippen LogP contribution in [0.4, 0.5) is 0 Å². The van der Waals surface area contributed by atoms with Crippen molar-refractivity contribution in [1.29, 1.82) is 0 Å². The van der Waals surface area contributed by atoms with Crippen LogP contribution in [-0.2, 0) is 12.8 Å². The van der Waals surface area contributed by atoms with E-state index in [2.05, 4.69) is 22.0 Å². The van der Waals surface area contributed by atoms with E-state index in [1.165, 1.54) is 36.9 Å². The summed E-state index contributed by atoms with van der Waals surface area (Å²) >= 11 is 0. The van der Waals surface area contributed by atoms with Crippen molar-refractivity contribution in [1.82, 2.24) is 14.8 Å². The summed E-state index contributed by atoms with van der Waals surface area (Å²) in [6.07, 6.45) is 10.2. The number of benzene rings is 1. The van der Waals surface area contributed by atoms with Crippen LogP contribution in [0.5, 0.6) is 11.6 Å². The van der Waals surface area contributed by atoms with E-state index in [4.69, 9.17) is 4.74 Å². The molecular formula is C24H29N3O2. The minimum atomic E-state index is 0.0718. The summed E-state index contributed by atoms with van der Waals surface area (Å²) in [5.74, 6) is 1.43. The molecule has 0 atom stereocenters. The summed E-state index contributed by atoms with van der Waals surface area (Å²) in [6.45, 7) is 4.02. The van der Waals surface area contributed by atoms with Crippen LogP contribution >= 0.6 is 0 Å². The van der Waals surface area contributed by atoms with Gasteiger partial charge in [0, 0.05) is 44.5 Å². The van der Waals surface area contributed by atoms with Gasteiger partial charge in [-0.3, -0.25) is 9.69 Å². The van der Waals surface area contributed by atoms with E-state index in [0.717, 1.165) is 57.1 Å². The highest BCUT2D eigenvalue weighted by atomic mass is 16.5. The molecular weight excluding hydrogens is 362 g/mol. The molecule has 5 rings (SSSR count). The molecule has 2 fully saturated rings. The quantitative estimate of drug-likeness (QED) is 0.788. The Bertz CT molecular complexity index is 870. The van der Waals surface area contributed by atoms with Crippen LogP contribution in [0.25, 0.3) is 0 Å². The number of pyridine rings is 1. The van der Waals surface area contributed by atoms with Gasteiger partial charge in [-0.25, -0.2) is 4.98 Å². The van der Waals surface area contributed by atoms with Gasteiger partial charge in [0.15, 0.2) is 0 Å². The highest BCUT2D eigenvalue weighted by Crippen LogP contribution is 2.29. The lowest BCUT2D eigenvalue weighted by atomic mass is 9.91. The van der Waals surface area contributed by atoms with Crippen LogP contribution in [0.2, 0.25) is 0 Å². The Kier molecular flexibility index (Phi) is 5.23. The van der Waals surface area contributed by atoms with E-state index in [-0.39, 0.29) is 5.91 Å². The first-order valence-corrected chi connectivity index (χ1v) is 11.1. The van der Waals surface area contributed by atoms with E-state index in [1.54, 1.807) is 12.3 Å². The molecule has 5 nitrogen and oxygen atoms in total. The van der Waals surface area contributed by atoms with E-state index in [0.29, 0.717) is 11.4 Å². The second-order valence-corrected chi connectivity index (χ2v) is 8.54. The van der Waals surface area contributed by atoms with Gasteiger partial charge in [-0.1, -0.05) is 12.5 Å². The fraction of sp³-hybridized carbons (Fsp3) is 0.500. The molecule has 29 heavy (non-hydrogen) atoms. The molecule has 2 aliphatic heterocycles. The smallest absolute Gasteiger partial charge is 0.255 e. The third-order valence-electron chi connectivity index (χ3n) is 6.70.